The molecule has 0 aliphatic heterocycles. The summed E-state index contributed by atoms with van der Waals surface area (Å²) in [6.45, 7) is 0. The van der Waals surface area contributed by atoms with Crippen molar-refractivity contribution in [3.8, 4) is 16.9 Å². The molecule has 5 nitrogen and oxygen atoms in total. The lowest BCUT2D eigenvalue weighted by atomic mass is 10.1. The van der Waals surface area contributed by atoms with E-state index in [9.17, 15) is 9.90 Å². The van der Waals surface area contributed by atoms with Crippen molar-refractivity contribution in [3.63, 3.8) is 0 Å². The molecule has 104 valence electrons. The Morgan fingerprint density at radius 2 is 1.57 bits per heavy atom. The van der Waals surface area contributed by atoms with Crippen molar-refractivity contribution >= 4 is 11.8 Å². The third-order valence-electron chi connectivity index (χ3n) is 3.18. The van der Waals surface area contributed by atoms with Gasteiger partial charge in [-0.2, -0.15) is 5.10 Å². The van der Waals surface area contributed by atoms with Gasteiger partial charge in [0.2, 0.25) is 0 Å². The fourth-order valence-corrected chi connectivity index (χ4v) is 2.21. The molecule has 0 atom stereocenters. The number of carboxylic acid groups (broad SMARTS) is 1. The zero-order valence-corrected chi connectivity index (χ0v) is 11.1. The lowest BCUT2D eigenvalue weighted by molar-refractivity contribution is 0.0699. The number of para-hydroxylation sites is 1. The van der Waals surface area contributed by atoms with E-state index in [0.717, 1.165) is 11.3 Å². The van der Waals surface area contributed by atoms with Gasteiger partial charge in [-0.05, 0) is 12.1 Å². The summed E-state index contributed by atoms with van der Waals surface area (Å²) in [5.41, 5.74) is 7.82. The molecule has 3 rings (SSSR count). The number of hydrogen-bond acceptors (Lipinski definition) is 3. The van der Waals surface area contributed by atoms with E-state index in [1.807, 2.05) is 60.7 Å². The van der Waals surface area contributed by atoms with Gasteiger partial charge in [-0.15, -0.1) is 0 Å². The Kier molecular flexibility index (Phi) is 3.16. The zero-order chi connectivity index (χ0) is 14.8. The van der Waals surface area contributed by atoms with Crippen LogP contribution in [0.2, 0.25) is 0 Å². The molecule has 0 aliphatic carbocycles. The number of hydrogen-bond donors (Lipinski definition) is 2. The molecule has 0 fully saturated rings. The highest BCUT2D eigenvalue weighted by molar-refractivity contribution is 6.00. The lowest BCUT2D eigenvalue weighted by Gasteiger charge is -2.02. The number of anilines is 1. The summed E-state index contributed by atoms with van der Waals surface area (Å²) >= 11 is 0. The average Bonchev–Trinajstić information content (AvgIpc) is 2.87. The number of aromatic carboxylic acids is 1. The van der Waals surface area contributed by atoms with Crippen LogP contribution in [0.4, 0.5) is 5.82 Å². The fourth-order valence-electron chi connectivity index (χ4n) is 2.21. The Morgan fingerprint density at radius 1 is 1.00 bits per heavy atom. The Hall–Kier alpha value is -3.08. The quantitative estimate of drug-likeness (QED) is 0.772. The molecule has 5 heteroatoms. The number of carboxylic acids is 1. The van der Waals surface area contributed by atoms with Crippen LogP contribution in [0, 0.1) is 0 Å². The zero-order valence-electron chi connectivity index (χ0n) is 11.1. The number of aromatic nitrogens is 2. The molecule has 0 aliphatic rings. The SMILES string of the molecule is Nc1c(C(=O)O)c(-c2ccccc2)nn1-c1ccccc1. The molecule has 0 unspecified atom stereocenters. The number of nitrogens with two attached hydrogens (primary N) is 1. The first kappa shape index (κ1) is 12.9. The molecule has 0 bridgehead atoms. The van der Waals surface area contributed by atoms with Gasteiger partial charge in [0, 0.05) is 5.56 Å². The second-order valence-electron chi connectivity index (χ2n) is 4.53. The molecule has 3 N–H and O–H groups in total. The van der Waals surface area contributed by atoms with E-state index in [1.165, 1.54) is 4.68 Å². The van der Waals surface area contributed by atoms with Gasteiger partial charge in [0.15, 0.2) is 0 Å². The third-order valence-corrected chi connectivity index (χ3v) is 3.18. The first-order valence-electron chi connectivity index (χ1n) is 6.41. The van der Waals surface area contributed by atoms with Gasteiger partial charge in [0.25, 0.3) is 0 Å². The van der Waals surface area contributed by atoms with Crippen LogP contribution in [0.15, 0.2) is 60.7 Å². The van der Waals surface area contributed by atoms with Crippen LogP contribution in [0.25, 0.3) is 16.9 Å². The van der Waals surface area contributed by atoms with Gasteiger partial charge in [-0.1, -0.05) is 48.5 Å². The maximum absolute atomic E-state index is 11.5. The largest absolute Gasteiger partial charge is 0.477 e. The third kappa shape index (κ3) is 2.25. The van der Waals surface area contributed by atoms with Crippen LogP contribution in [0.3, 0.4) is 0 Å². The maximum Gasteiger partial charge on any atom is 0.341 e. The average molecular weight is 279 g/mol. The van der Waals surface area contributed by atoms with Crippen LogP contribution in [-0.4, -0.2) is 20.9 Å². The summed E-state index contributed by atoms with van der Waals surface area (Å²) in [7, 11) is 0. The topological polar surface area (TPSA) is 81.1 Å². The van der Waals surface area contributed by atoms with Crippen LogP contribution in [-0.2, 0) is 0 Å². The molecule has 2 aromatic carbocycles. The summed E-state index contributed by atoms with van der Waals surface area (Å²) in [6, 6.07) is 18.4. The first-order valence-corrected chi connectivity index (χ1v) is 6.41. The van der Waals surface area contributed by atoms with Gasteiger partial charge in [-0.3, -0.25) is 0 Å². The molecule has 0 amide bonds. The monoisotopic (exact) mass is 279 g/mol. The van der Waals surface area contributed by atoms with Gasteiger partial charge in [0.1, 0.15) is 17.1 Å². The van der Waals surface area contributed by atoms with Gasteiger partial charge in [0.05, 0.1) is 5.69 Å². The number of carbonyl (C=O) groups is 1. The van der Waals surface area contributed by atoms with Gasteiger partial charge in [-0.25, -0.2) is 9.48 Å². The molecule has 0 saturated heterocycles. The van der Waals surface area contributed by atoms with Crippen molar-refractivity contribution in [1.82, 2.24) is 9.78 Å². The van der Waals surface area contributed by atoms with Crippen molar-refractivity contribution < 1.29 is 9.90 Å². The predicted molar refractivity (Wildman–Crippen MR) is 80.4 cm³/mol. The Labute approximate surface area is 121 Å². The lowest BCUT2D eigenvalue weighted by Crippen LogP contribution is -2.05. The van der Waals surface area contributed by atoms with Gasteiger partial charge >= 0.3 is 5.97 Å². The van der Waals surface area contributed by atoms with E-state index in [1.54, 1.807) is 0 Å². The normalized spacial score (nSPS) is 10.5. The van der Waals surface area contributed by atoms with Crippen LogP contribution in [0.5, 0.6) is 0 Å². The summed E-state index contributed by atoms with van der Waals surface area (Å²) in [6.07, 6.45) is 0. The van der Waals surface area contributed by atoms with Crippen molar-refractivity contribution in [3.05, 3.63) is 66.2 Å². The Balaban J connectivity index is 2.24. The molecule has 0 radical (unpaired) electrons. The van der Waals surface area contributed by atoms with Crippen LogP contribution in [0.1, 0.15) is 10.4 Å². The highest BCUT2D eigenvalue weighted by atomic mass is 16.4. The number of nitrogen functional groups attached to an aromatic ring is 1. The summed E-state index contributed by atoms with van der Waals surface area (Å²) < 4.78 is 1.45. The van der Waals surface area contributed by atoms with E-state index in [2.05, 4.69) is 5.10 Å². The first-order chi connectivity index (χ1) is 10.2. The molecule has 1 aromatic heterocycles. The fraction of sp³-hybridized carbons (Fsp3) is 0. The van der Waals surface area contributed by atoms with E-state index in [0.29, 0.717) is 5.69 Å². The Bertz CT molecular complexity index is 780. The van der Waals surface area contributed by atoms with Crippen molar-refractivity contribution in [2.75, 3.05) is 5.73 Å². The molecular weight excluding hydrogens is 266 g/mol. The minimum Gasteiger partial charge on any atom is -0.477 e. The van der Waals surface area contributed by atoms with E-state index in [4.69, 9.17) is 5.73 Å². The molecule has 21 heavy (non-hydrogen) atoms. The van der Waals surface area contributed by atoms with Crippen molar-refractivity contribution in [2.24, 2.45) is 0 Å². The standard InChI is InChI=1S/C16H13N3O2/c17-15-13(16(20)21)14(11-7-3-1-4-8-11)18-19(15)12-9-5-2-6-10-12/h1-10H,17H2,(H,20,21). The van der Waals surface area contributed by atoms with Crippen molar-refractivity contribution in [1.29, 1.82) is 0 Å². The maximum atomic E-state index is 11.5. The van der Waals surface area contributed by atoms with E-state index < -0.39 is 5.97 Å². The van der Waals surface area contributed by atoms with Crippen molar-refractivity contribution in [2.45, 2.75) is 0 Å². The molecule has 3 aromatic rings. The Morgan fingerprint density at radius 3 is 2.14 bits per heavy atom. The van der Waals surface area contributed by atoms with Gasteiger partial charge < -0.3 is 10.8 Å². The minimum atomic E-state index is -1.09. The summed E-state index contributed by atoms with van der Waals surface area (Å²) in [5, 5.41) is 13.8. The van der Waals surface area contributed by atoms with Crippen LogP contribution >= 0.6 is 0 Å². The highest BCUT2D eigenvalue weighted by Crippen LogP contribution is 2.29. The molecule has 0 spiro atoms. The number of rotatable bonds is 3. The summed E-state index contributed by atoms with van der Waals surface area (Å²) in [4.78, 5) is 11.5. The summed E-state index contributed by atoms with van der Waals surface area (Å²) in [5.74, 6) is -0.971. The second kappa shape index (κ2) is 5.13. The van der Waals surface area contributed by atoms with Crippen LogP contribution < -0.4 is 5.73 Å². The van der Waals surface area contributed by atoms with E-state index >= 15 is 0 Å². The smallest absolute Gasteiger partial charge is 0.341 e. The number of nitrogens with zero attached hydrogens (tertiary/aromatic N) is 2. The number of benzene rings is 2. The molecular formula is C16H13N3O2. The predicted octanol–water partition coefficient (Wildman–Crippen LogP) is 2.82. The highest BCUT2D eigenvalue weighted by Gasteiger charge is 2.23. The second-order valence-corrected chi connectivity index (χ2v) is 4.53. The molecule has 0 saturated carbocycles. The molecule has 1 heterocycles. The minimum absolute atomic E-state index is 0.0186. The van der Waals surface area contributed by atoms with E-state index in [-0.39, 0.29) is 11.4 Å².